The fourth-order valence-electron chi connectivity index (χ4n) is 4.47. The minimum Gasteiger partial charge on any atom is -0.496 e. The Morgan fingerprint density at radius 2 is 1.80 bits per heavy atom. The van der Waals surface area contributed by atoms with Crippen LogP contribution in [0.3, 0.4) is 0 Å². The molecule has 4 nitrogen and oxygen atoms in total. The SMILES string of the molecule is COc1c(/C(C)=C/C(=O)Nc2cccc(Cl)c2)cc2c(-c3ccc4ccccc4c3)coc2c1C. The Morgan fingerprint density at radius 3 is 2.57 bits per heavy atom. The monoisotopic (exact) mass is 481 g/mol. The molecule has 0 aliphatic carbocycles. The van der Waals surface area contributed by atoms with E-state index in [1.54, 1.807) is 43.7 Å². The second-order valence-corrected chi connectivity index (χ2v) is 8.93. The number of benzene rings is 4. The highest BCUT2D eigenvalue weighted by Crippen LogP contribution is 2.41. The number of hydrogen-bond acceptors (Lipinski definition) is 3. The van der Waals surface area contributed by atoms with Gasteiger partial charge < -0.3 is 14.5 Å². The number of hydrogen-bond donors (Lipinski definition) is 1. The second-order valence-electron chi connectivity index (χ2n) is 8.50. The van der Waals surface area contributed by atoms with E-state index in [1.165, 1.54) is 10.8 Å². The molecular formula is C30H24ClNO3. The van der Waals surface area contributed by atoms with Crippen LogP contribution in [-0.2, 0) is 4.79 Å². The van der Waals surface area contributed by atoms with Crippen molar-refractivity contribution in [3.63, 3.8) is 0 Å². The summed E-state index contributed by atoms with van der Waals surface area (Å²) in [7, 11) is 1.63. The van der Waals surface area contributed by atoms with Crippen LogP contribution in [0.1, 0.15) is 18.1 Å². The molecule has 174 valence electrons. The first-order valence-electron chi connectivity index (χ1n) is 11.3. The molecule has 1 amide bonds. The Labute approximate surface area is 208 Å². The minimum absolute atomic E-state index is 0.244. The van der Waals surface area contributed by atoms with Crippen LogP contribution in [0, 0.1) is 6.92 Å². The largest absolute Gasteiger partial charge is 0.496 e. The Kier molecular flexibility index (Phi) is 6.06. The molecule has 1 heterocycles. The van der Waals surface area contributed by atoms with Crippen molar-refractivity contribution >= 4 is 50.5 Å². The molecule has 35 heavy (non-hydrogen) atoms. The number of aryl methyl sites for hydroxylation is 1. The highest BCUT2D eigenvalue weighted by Gasteiger charge is 2.19. The zero-order valence-electron chi connectivity index (χ0n) is 19.7. The van der Waals surface area contributed by atoms with Gasteiger partial charge in [-0.1, -0.05) is 54.1 Å². The van der Waals surface area contributed by atoms with E-state index >= 15 is 0 Å². The van der Waals surface area contributed by atoms with Crippen molar-refractivity contribution in [2.75, 3.05) is 12.4 Å². The van der Waals surface area contributed by atoms with Gasteiger partial charge in [-0.05, 0) is 66.1 Å². The van der Waals surface area contributed by atoms with E-state index in [9.17, 15) is 4.79 Å². The van der Waals surface area contributed by atoms with Crippen molar-refractivity contribution in [2.45, 2.75) is 13.8 Å². The summed E-state index contributed by atoms with van der Waals surface area (Å²) >= 11 is 6.04. The lowest BCUT2D eigenvalue weighted by Crippen LogP contribution is -2.08. The third-order valence-electron chi connectivity index (χ3n) is 6.17. The molecule has 4 aromatic carbocycles. The molecule has 0 bridgehead atoms. The maximum Gasteiger partial charge on any atom is 0.248 e. The lowest BCUT2D eigenvalue weighted by atomic mass is 9.95. The van der Waals surface area contributed by atoms with Gasteiger partial charge in [-0.3, -0.25) is 4.79 Å². The number of ether oxygens (including phenoxy) is 1. The molecule has 0 saturated heterocycles. The maximum atomic E-state index is 12.7. The van der Waals surface area contributed by atoms with Gasteiger partial charge >= 0.3 is 0 Å². The number of anilines is 1. The summed E-state index contributed by atoms with van der Waals surface area (Å²) in [5, 5.41) is 6.75. The van der Waals surface area contributed by atoms with E-state index in [1.807, 2.05) is 32.0 Å². The van der Waals surface area contributed by atoms with Gasteiger partial charge in [-0.2, -0.15) is 0 Å². The number of amides is 1. The number of allylic oxidation sites excluding steroid dienone is 1. The molecule has 5 heteroatoms. The van der Waals surface area contributed by atoms with Crippen molar-refractivity contribution in [3.05, 3.63) is 101 Å². The first-order valence-corrected chi connectivity index (χ1v) is 11.7. The summed E-state index contributed by atoms with van der Waals surface area (Å²) in [4.78, 5) is 12.7. The predicted octanol–water partition coefficient (Wildman–Crippen LogP) is 8.27. The second kappa shape index (κ2) is 9.32. The summed E-state index contributed by atoms with van der Waals surface area (Å²) in [6, 6.07) is 23.8. The standard InChI is InChI=1S/C30H24ClNO3/c1-18(13-28(33)32-24-10-6-9-23(31)15-24)25-16-26-27(17-35-30(26)19(2)29(25)34-3)22-12-11-20-7-4-5-8-21(20)14-22/h4-17H,1-3H3,(H,32,33)/b18-13+. The lowest BCUT2D eigenvalue weighted by molar-refractivity contribution is -0.111. The van der Waals surface area contributed by atoms with Crippen LogP contribution in [0.25, 0.3) is 38.4 Å². The molecule has 0 radical (unpaired) electrons. The van der Waals surface area contributed by atoms with Crippen molar-refractivity contribution in [2.24, 2.45) is 0 Å². The fraction of sp³-hybridized carbons (Fsp3) is 0.100. The Balaban J connectivity index is 1.58. The molecule has 5 rings (SSSR count). The zero-order chi connectivity index (χ0) is 24.5. The highest BCUT2D eigenvalue weighted by molar-refractivity contribution is 6.31. The summed E-state index contributed by atoms with van der Waals surface area (Å²) in [5.41, 5.74) is 5.96. The number of methoxy groups -OCH3 is 1. The average Bonchev–Trinajstić information content (AvgIpc) is 3.28. The number of carbonyl (C=O) groups is 1. The fourth-order valence-corrected chi connectivity index (χ4v) is 4.66. The molecule has 5 aromatic rings. The van der Waals surface area contributed by atoms with Crippen LogP contribution in [0.15, 0.2) is 89.6 Å². The molecule has 0 unspecified atom stereocenters. The van der Waals surface area contributed by atoms with E-state index in [0.717, 1.165) is 38.8 Å². The number of rotatable bonds is 5. The third-order valence-corrected chi connectivity index (χ3v) is 6.41. The van der Waals surface area contributed by atoms with Crippen molar-refractivity contribution in [1.29, 1.82) is 0 Å². The normalized spacial score (nSPS) is 11.7. The number of furan rings is 1. The zero-order valence-corrected chi connectivity index (χ0v) is 20.4. The predicted molar refractivity (Wildman–Crippen MR) is 144 cm³/mol. The van der Waals surface area contributed by atoms with Crippen LogP contribution in [-0.4, -0.2) is 13.0 Å². The Morgan fingerprint density at radius 1 is 1.00 bits per heavy atom. The highest BCUT2D eigenvalue weighted by atomic mass is 35.5. The Hall–Kier alpha value is -4.02. The van der Waals surface area contributed by atoms with E-state index < -0.39 is 0 Å². The number of nitrogens with one attached hydrogen (secondary N) is 1. The van der Waals surface area contributed by atoms with Gasteiger partial charge in [0.25, 0.3) is 0 Å². The van der Waals surface area contributed by atoms with Crippen LogP contribution in [0.5, 0.6) is 5.75 Å². The number of halogens is 1. The van der Waals surface area contributed by atoms with Crippen LogP contribution in [0.4, 0.5) is 5.69 Å². The number of carbonyl (C=O) groups excluding carboxylic acids is 1. The Bertz CT molecular complexity index is 1610. The van der Waals surface area contributed by atoms with E-state index in [0.29, 0.717) is 16.5 Å². The van der Waals surface area contributed by atoms with Gasteiger partial charge in [-0.25, -0.2) is 0 Å². The van der Waals surface area contributed by atoms with Gasteiger partial charge in [0, 0.05) is 38.9 Å². The molecule has 0 spiro atoms. The molecular weight excluding hydrogens is 458 g/mol. The molecule has 0 atom stereocenters. The van der Waals surface area contributed by atoms with E-state index in [4.69, 9.17) is 20.8 Å². The first kappa shape index (κ1) is 22.8. The van der Waals surface area contributed by atoms with Crippen molar-refractivity contribution < 1.29 is 13.9 Å². The molecule has 0 fully saturated rings. The maximum absolute atomic E-state index is 12.7. The smallest absolute Gasteiger partial charge is 0.248 e. The lowest BCUT2D eigenvalue weighted by Gasteiger charge is -2.13. The summed E-state index contributed by atoms with van der Waals surface area (Å²) < 4.78 is 11.7. The first-order chi connectivity index (χ1) is 16.9. The molecule has 1 N–H and O–H groups in total. The van der Waals surface area contributed by atoms with E-state index in [-0.39, 0.29) is 5.91 Å². The van der Waals surface area contributed by atoms with Gasteiger partial charge in [-0.15, -0.1) is 0 Å². The van der Waals surface area contributed by atoms with Gasteiger partial charge in [0.1, 0.15) is 11.3 Å². The van der Waals surface area contributed by atoms with Crippen LogP contribution < -0.4 is 10.1 Å². The van der Waals surface area contributed by atoms with Gasteiger partial charge in [0.15, 0.2) is 0 Å². The number of fused-ring (bicyclic) bond motifs is 2. The summed E-state index contributed by atoms with van der Waals surface area (Å²) in [6.45, 7) is 3.87. The summed E-state index contributed by atoms with van der Waals surface area (Å²) in [5.74, 6) is 0.438. The van der Waals surface area contributed by atoms with Gasteiger partial charge in [0.05, 0.1) is 13.4 Å². The molecule has 0 aliphatic heterocycles. The molecule has 0 saturated carbocycles. The average molecular weight is 482 g/mol. The molecule has 1 aromatic heterocycles. The quantitative estimate of drug-likeness (QED) is 0.257. The topological polar surface area (TPSA) is 51.5 Å². The van der Waals surface area contributed by atoms with Crippen molar-refractivity contribution in [1.82, 2.24) is 0 Å². The minimum atomic E-state index is -0.244. The van der Waals surface area contributed by atoms with E-state index in [2.05, 4.69) is 35.6 Å². The van der Waals surface area contributed by atoms with Crippen molar-refractivity contribution in [3.8, 4) is 16.9 Å². The third kappa shape index (κ3) is 4.41. The van der Waals surface area contributed by atoms with Gasteiger partial charge in [0.2, 0.25) is 5.91 Å². The van der Waals surface area contributed by atoms with Crippen LogP contribution >= 0.6 is 11.6 Å². The molecule has 0 aliphatic rings. The summed E-state index contributed by atoms with van der Waals surface area (Å²) in [6.07, 6.45) is 3.36. The van der Waals surface area contributed by atoms with Crippen LogP contribution in [0.2, 0.25) is 5.02 Å².